The van der Waals surface area contributed by atoms with Crippen molar-refractivity contribution < 1.29 is 9.13 Å². The Morgan fingerprint density at radius 1 is 1.35 bits per heavy atom. The van der Waals surface area contributed by atoms with Gasteiger partial charge in [0.2, 0.25) is 5.88 Å². The van der Waals surface area contributed by atoms with Crippen molar-refractivity contribution in [2.75, 3.05) is 0 Å². The molecule has 0 aliphatic carbocycles. The smallest absolute Gasteiger partial charge is 0.228 e. The molecule has 17 heavy (non-hydrogen) atoms. The molecular formula is C12H8BrClFNO. The van der Waals surface area contributed by atoms with Crippen LogP contribution in [-0.2, 0) is 6.61 Å². The lowest BCUT2D eigenvalue weighted by Gasteiger charge is -2.07. The molecule has 88 valence electrons. The summed E-state index contributed by atoms with van der Waals surface area (Å²) in [7, 11) is 0. The maximum atomic E-state index is 13.5. The van der Waals surface area contributed by atoms with Gasteiger partial charge in [0.15, 0.2) is 0 Å². The van der Waals surface area contributed by atoms with Gasteiger partial charge in [-0.3, -0.25) is 0 Å². The highest BCUT2D eigenvalue weighted by molar-refractivity contribution is 9.10. The van der Waals surface area contributed by atoms with E-state index >= 15 is 0 Å². The molecule has 0 aliphatic rings. The molecule has 0 saturated heterocycles. The number of pyridine rings is 1. The van der Waals surface area contributed by atoms with Crippen molar-refractivity contribution in [2.24, 2.45) is 0 Å². The molecular weight excluding hydrogens is 308 g/mol. The standard InChI is InChI=1S/C12H8BrClFNO/c13-10-2-1-5-16-12(10)17-7-8-3-4-9(14)6-11(8)15/h1-6H,7H2. The van der Waals surface area contributed by atoms with Crippen LogP contribution in [0.1, 0.15) is 5.56 Å². The first kappa shape index (κ1) is 12.3. The quantitative estimate of drug-likeness (QED) is 0.846. The monoisotopic (exact) mass is 315 g/mol. The lowest BCUT2D eigenvalue weighted by Crippen LogP contribution is -2.00. The third-order valence-corrected chi connectivity index (χ3v) is 2.94. The van der Waals surface area contributed by atoms with E-state index in [-0.39, 0.29) is 12.4 Å². The van der Waals surface area contributed by atoms with Crippen LogP contribution in [0.15, 0.2) is 41.0 Å². The van der Waals surface area contributed by atoms with Crippen molar-refractivity contribution >= 4 is 27.5 Å². The van der Waals surface area contributed by atoms with Gasteiger partial charge < -0.3 is 4.74 Å². The zero-order valence-electron chi connectivity index (χ0n) is 8.66. The average Bonchev–Trinajstić information content (AvgIpc) is 2.30. The number of hydrogen-bond donors (Lipinski definition) is 0. The van der Waals surface area contributed by atoms with Crippen molar-refractivity contribution in [1.82, 2.24) is 4.98 Å². The van der Waals surface area contributed by atoms with Gasteiger partial charge in [-0.05, 0) is 40.2 Å². The molecule has 1 heterocycles. The Morgan fingerprint density at radius 3 is 2.88 bits per heavy atom. The third kappa shape index (κ3) is 3.17. The zero-order valence-corrected chi connectivity index (χ0v) is 11.0. The van der Waals surface area contributed by atoms with E-state index in [1.807, 2.05) is 0 Å². The van der Waals surface area contributed by atoms with Gasteiger partial charge in [-0.25, -0.2) is 9.37 Å². The van der Waals surface area contributed by atoms with E-state index in [0.29, 0.717) is 16.5 Å². The molecule has 2 rings (SSSR count). The van der Waals surface area contributed by atoms with Gasteiger partial charge in [0.05, 0.1) is 4.47 Å². The first-order chi connectivity index (χ1) is 8.16. The summed E-state index contributed by atoms with van der Waals surface area (Å²) in [6.45, 7) is 0.110. The van der Waals surface area contributed by atoms with Crippen molar-refractivity contribution in [3.63, 3.8) is 0 Å². The van der Waals surface area contributed by atoms with Crippen molar-refractivity contribution in [3.8, 4) is 5.88 Å². The van der Waals surface area contributed by atoms with Crippen LogP contribution < -0.4 is 4.74 Å². The van der Waals surface area contributed by atoms with Gasteiger partial charge in [-0.15, -0.1) is 0 Å². The summed E-state index contributed by atoms with van der Waals surface area (Å²) < 4.78 is 19.6. The van der Waals surface area contributed by atoms with Gasteiger partial charge in [-0.2, -0.15) is 0 Å². The highest BCUT2D eigenvalue weighted by atomic mass is 79.9. The molecule has 0 bridgehead atoms. The molecule has 0 fully saturated rings. The normalized spacial score (nSPS) is 10.3. The van der Waals surface area contributed by atoms with Crippen LogP contribution in [0.2, 0.25) is 5.02 Å². The maximum absolute atomic E-state index is 13.5. The van der Waals surface area contributed by atoms with Crippen LogP contribution in [0.5, 0.6) is 5.88 Å². The summed E-state index contributed by atoms with van der Waals surface area (Å²) in [4.78, 5) is 4.02. The van der Waals surface area contributed by atoms with Crippen LogP contribution in [0.4, 0.5) is 4.39 Å². The number of halogens is 3. The van der Waals surface area contributed by atoms with Crippen molar-refractivity contribution in [1.29, 1.82) is 0 Å². The van der Waals surface area contributed by atoms with E-state index in [2.05, 4.69) is 20.9 Å². The minimum atomic E-state index is -0.385. The van der Waals surface area contributed by atoms with E-state index in [9.17, 15) is 4.39 Å². The van der Waals surface area contributed by atoms with E-state index < -0.39 is 0 Å². The number of nitrogens with zero attached hydrogens (tertiary/aromatic N) is 1. The minimum Gasteiger partial charge on any atom is -0.472 e. The number of benzene rings is 1. The van der Waals surface area contributed by atoms with Crippen LogP contribution in [-0.4, -0.2) is 4.98 Å². The van der Waals surface area contributed by atoms with E-state index in [0.717, 1.165) is 4.47 Å². The molecule has 0 saturated carbocycles. The average molecular weight is 317 g/mol. The van der Waals surface area contributed by atoms with Gasteiger partial charge in [-0.1, -0.05) is 17.7 Å². The summed E-state index contributed by atoms with van der Waals surface area (Å²) >= 11 is 8.96. The molecule has 0 atom stereocenters. The molecule has 0 unspecified atom stereocenters. The lowest BCUT2D eigenvalue weighted by molar-refractivity contribution is 0.286. The second kappa shape index (κ2) is 5.47. The summed E-state index contributed by atoms with van der Waals surface area (Å²) in [5.74, 6) is 0.0476. The van der Waals surface area contributed by atoms with Gasteiger partial charge >= 0.3 is 0 Å². The number of rotatable bonds is 3. The molecule has 0 spiro atoms. The predicted molar refractivity (Wildman–Crippen MR) is 67.7 cm³/mol. The molecule has 1 aromatic heterocycles. The minimum absolute atomic E-state index is 0.110. The first-order valence-corrected chi connectivity index (χ1v) is 6.01. The number of aromatic nitrogens is 1. The molecule has 5 heteroatoms. The second-order valence-corrected chi connectivity index (χ2v) is 4.61. The van der Waals surface area contributed by atoms with Gasteiger partial charge in [0, 0.05) is 16.8 Å². The van der Waals surface area contributed by atoms with Gasteiger partial charge in [0.25, 0.3) is 0 Å². The van der Waals surface area contributed by atoms with Crippen molar-refractivity contribution in [2.45, 2.75) is 6.61 Å². The molecule has 0 amide bonds. The second-order valence-electron chi connectivity index (χ2n) is 3.31. The molecule has 0 radical (unpaired) electrons. The molecule has 0 N–H and O–H groups in total. The Labute approximate surface area is 112 Å². The van der Waals surface area contributed by atoms with Crippen LogP contribution in [0.3, 0.4) is 0 Å². The van der Waals surface area contributed by atoms with Crippen LogP contribution in [0.25, 0.3) is 0 Å². The largest absolute Gasteiger partial charge is 0.472 e. The predicted octanol–water partition coefficient (Wildman–Crippen LogP) is 4.22. The fraction of sp³-hybridized carbons (Fsp3) is 0.0833. The summed E-state index contributed by atoms with van der Waals surface area (Å²) in [5, 5.41) is 0.366. The zero-order chi connectivity index (χ0) is 12.3. The van der Waals surface area contributed by atoms with E-state index in [4.69, 9.17) is 16.3 Å². The van der Waals surface area contributed by atoms with Crippen molar-refractivity contribution in [3.05, 3.63) is 57.4 Å². The Morgan fingerprint density at radius 2 is 2.18 bits per heavy atom. The molecule has 2 nitrogen and oxygen atoms in total. The van der Waals surface area contributed by atoms with E-state index in [1.54, 1.807) is 30.5 Å². The Kier molecular flexibility index (Phi) is 3.97. The fourth-order valence-corrected chi connectivity index (χ4v) is 1.79. The summed E-state index contributed by atoms with van der Waals surface area (Å²) in [5.41, 5.74) is 0.437. The lowest BCUT2D eigenvalue weighted by atomic mass is 10.2. The Hall–Kier alpha value is -1.13. The van der Waals surface area contributed by atoms with Crippen LogP contribution >= 0.6 is 27.5 Å². The molecule has 2 aromatic rings. The summed E-state index contributed by atoms with van der Waals surface area (Å²) in [6, 6.07) is 8.05. The SMILES string of the molecule is Fc1cc(Cl)ccc1COc1ncccc1Br. The highest BCUT2D eigenvalue weighted by Crippen LogP contribution is 2.22. The van der Waals surface area contributed by atoms with Gasteiger partial charge in [0.1, 0.15) is 12.4 Å². The molecule has 1 aromatic carbocycles. The topological polar surface area (TPSA) is 22.1 Å². The van der Waals surface area contributed by atoms with E-state index in [1.165, 1.54) is 6.07 Å². The maximum Gasteiger partial charge on any atom is 0.228 e. The highest BCUT2D eigenvalue weighted by Gasteiger charge is 2.06. The number of ether oxygens (including phenoxy) is 1. The number of hydrogen-bond acceptors (Lipinski definition) is 2. The summed E-state index contributed by atoms with van der Waals surface area (Å²) in [6.07, 6.45) is 1.61. The fourth-order valence-electron chi connectivity index (χ4n) is 1.26. The first-order valence-electron chi connectivity index (χ1n) is 4.84. The third-order valence-electron chi connectivity index (χ3n) is 2.10. The Balaban J connectivity index is 2.10. The van der Waals surface area contributed by atoms with Crippen LogP contribution in [0, 0.1) is 5.82 Å². The molecule has 0 aliphatic heterocycles. The Bertz CT molecular complexity index is 536.